The molecular weight excluding hydrogens is 252 g/mol. The molecule has 0 spiro atoms. The zero-order valence-corrected chi connectivity index (χ0v) is 11.5. The fourth-order valence-electron chi connectivity index (χ4n) is 1.51. The molecule has 0 saturated heterocycles. The molecule has 0 aliphatic rings. The number of nitrogens with one attached hydrogen (secondary N) is 2. The van der Waals surface area contributed by atoms with Gasteiger partial charge in [0.25, 0.3) is 0 Å². The van der Waals surface area contributed by atoms with Crippen LogP contribution in [0.1, 0.15) is 19.7 Å². The molecule has 0 radical (unpaired) electrons. The summed E-state index contributed by atoms with van der Waals surface area (Å²) in [7, 11) is 0. The van der Waals surface area contributed by atoms with Crippen molar-refractivity contribution in [2.75, 3.05) is 17.2 Å². The molecule has 6 heteroatoms. The van der Waals surface area contributed by atoms with Crippen molar-refractivity contribution in [3.63, 3.8) is 0 Å². The standard InChI is InChI=1S/C14H16N6/c1-10(2)9-16-13-18-12(8-15)19-14(20-13)17-11-6-4-3-5-7-11/h3-7,10H,9H2,1-2H3,(H2,16,17,18,19,20). The molecule has 0 amide bonds. The van der Waals surface area contributed by atoms with Crippen LogP contribution >= 0.6 is 0 Å². The molecule has 6 nitrogen and oxygen atoms in total. The Bertz CT molecular complexity index is 603. The van der Waals surface area contributed by atoms with Gasteiger partial charge < -0.3 is 10.6 Å². The van der Waals surface area contributed by atoms with E-state index in [0.29, 0.717) is 17.8 Å². The van der Waals surface area contributed by atoms with Crippen LogP contribution in [0.3, 0.4) is 0 Å². The van der Waals surface area contributed by atoms with Crippen molar-refractivity contribution in [2.24, 2.45) is 5.92 Å². The molecule has 1 aromatic carbocycles. The monoisotopic (exact) mass is 268 g/mol. The highest BCUT2D eigenvalue weighted by atomic mass is 15.2. The lowest BCUT2D eigenvalue weighted by molar-refractivity contribution is 0.684. The van der Waals surface area contributed by atoms with Crippen LogP contribution in [-0.2, 0) is 0 Å². The Morgan fingerprint density at radius 3 is 2.45 bits per heavy atom. The maximum absolute atomic E-state index is 8.97. The van der Waals surface area contributed by atoms with Crippen LogP contribution in [0.25, 0.3) is 0 Å². The predicted molar refractivity (Wildman–Crippen MR) is 77.6 cm³/mol. The lowest BCUT2D eigenvalue weighted by Gasteiger charge is -2.09. The van der Waals surface area contributed by atoms with E-state index in [4.69, 9.17) is 5.26 Å². The number of anilines is 3. The van der Waals surface area contributed by atoms with Gasteiger partial charge in [0.1, 0.15) is 6.07 Å². The molecule has 0 unspecified atom stereocenters. The molecule has 2 aromatic rings. The van der Waals surface area contributed by atoms with Crippen LogP contribution in [0.5, 0.6) is 0 Å². The summed E-state index contributed by atoms with van der Waals surface area (Å²) in [4.78, 5) is 12.3. The minimum absolute atomic E-state index is 0.0877. The van der Waals surface area contributed by atoms with Gasteiger partial charge in [-0.2, -0.15) is 20.2 Å². The second-order valence-corrected chi connectivity index (χ2v) is 4.68. The number of benzene rings is 1. The van der Waals surface area contributed by atoms with Crippen molar-refractivity contribution >= 4 is 17.6 Å². The highest BCUT2D eigenvalue weighted by Crippen LogP contribution is 2.13. The van der Waals surface area contributed by atoms with E-state index in [0.717, 1.165) is 12.2 Å². The first-order valence-corrected chi connectivity index (χ1v) is 6.39. The molecule has 0 aliphatic heterocycles. The van der Waals surface area contributed by atoms with E-state index < -0.39 is 0 Å². The summed E-state index contributed by atoms with van der Waals surface area (Å²) in [6.45, 7) is 4.91. The van der Waals surface area contributed by atoms with E-state index in [1.165, 1.54) is 0 Å². The van der Waals surface area contributed by atoms with Gasteiger partial charge in [0.15, 0.2) is 0 Å². The third-order valence-electron chi connectivity index (χ3n) is 2.43. The molecule has 1 aromatic heterocycles. The number of rotatable bonds is 5. The Balaban J connectivity index is 2.20. The van der Waals surface area contributed by atoms with Crippen LogP contribution in [-0.4, -0.2) is 21.5 Å². The van der Waals surface area contributed by atoms with E-state index in [-0.39, 0.29) is 5.82 Å². The molecule has 2 rings (SSSR count). The Morgan fingerprint density at radius 1 is 1.10 bits per heavy atom. The largest absolute Gasteiger partial charge is 0.354 e. The Labute approximate surface area is 117 Å². The topological polar surface area (TPSA) is 86.5 Å². The summed E-state index contributed by atoms with van der Waals surface area (Å²) in [5, 5.41) is 15.1. The summed E-state index contributed by atoms with van der Waals surface area (Å²) in [5.41, 5.74) is 0.859. The first-order chi connectivity index (χ1) is 9.67. The average Bonchev–Trinajstić information content (AvgIpc) is 2.46. The van der Waals surface area contributed by atoms with E-state index in [1.807, 2.05) is 36.4 Å². The van der Waals surface area contributed by atoms with Gasteiger partial charge in [-0.3, -0.25) is 0 Å². The van der Waals surface area contributed by atoms with Crippen molar-refractivity contribution in [1.29, 1.82) is 5.26 Å². The first kappa shape index (κ1) is 13.7. The van der Waals surface area contributed by atoms with Gasteiger partial charge in [0, 0.05) is 12.2 Å². The van der Waals surface area contributed by atoms with Crippen molar-refractivity contribution in [1.82, 2.24) is 15.0 Å². The maximum atomic E-state index is 8.97. The van der Waals surface area contributed by atoms with Gasteiger partial charge in [-0.25, -0.2) is 0 Å². The zero-order valence-electron chi connectivity index (χ0n) is 11.5. The fraction of sp³-hybridized carbons (Fsp3) is 0.286. The first-order valence-electron chi connectivity index (χ1n) is 6.39. The molecule has 1 heterocycles. The normalized spacial score (nSPS) is 10.1. The van der Waals surface area contributed by atoms with E-state index in [2.05, 4.69) is 39.4 Å². The van der Waals surface area contributed by atoms with Gasteiger partial charge in [0.2, 0.25) is 17.7 Å². The van der Waals surface area contributed by atoms with Crippen molar-refractivity contribution in [3.05, 3.63) is 36.2 Å². The van der Waals surface area contributed by atoms with Crippen molar-refractivity contribution in [3.8, 4) is 6.07 Å². The summed E-state index contributed by atoms with van der Waals surface area (Å²) in [6.07, 6.45) is 0. The van der Waals surface area contributed by atoms with Crippen molar-refractivity contribution < 1.29 is 0 Å². The molecule has 0 fully saturated rings. The van der Waals surface area contributed by atoms with Gasteiger partial charge in [-0.05, 0) is 18.1 Å². The lowest BCUT2D eigenvalue weighted by atomic mass is 10.2. The van der Waals surface area contributed by atoms with E-state index in [1.54, 1.807) is 0 Å². The van der Waals surface area contributed by atoms with Crippen LogP contribution in [0.4, 0.5) is 17.6 Å². The predicted octanol–water partition coefficient (Wildman–Crippen LogP) is 2.55. The number of hydrogen-bond donors (Lipinski definition) is 2. The number of hydrogen-bond acceptors (Lipinski definition) is 6. The average molecular weight is 268 g/mol. The lowest BCUT2D eigenvalue weighted by Crippen LogP contribution is -2.13. The van der Waals surface area contributed by atoms with Crippen LogP contribution in [0.2, 0.25) is 0 Å². The Kier molecular flexibility index (Phi) is 4.45. The van der Waals surface area contributed by atoms with Gasteiger partial charge >= 0.3 is 0 Å². The molecular formula is C14H16N6. The van der Waals surface area contributed by atoms with Crippen molar-refractivity contribution in [2.45, 2.75) is 13.8 Å². The zero-order chi connectivity index (χ0) is 14.4. The molecule has 0 atom stereocenters. The SMILES string of the molecule is CC(C)CNc1nc(C#N)nc(Nc2ccccc2)n1. The minimum atomic E-state index is 0.0877. The summed E-state index contributed by atoms with van der Waals surface area (Å²) in [6, 6.07) is 11.5. The molecule has 0 saturated carbocycles. The highest BCUT2D eigenvalue weighted by molar-refractivity contribution is 5.54. The van der Waals surface area contributed by atoms with E-state index in [9.17, 15) is 0 Å². The Morgan fingerprint density at radius 2 is 1.80 bits per heavy atom. The van der Waals surface area contributed by atoms with Crippen LogP contribution in [0.15, 0.2) is 30.3 Å². The van der Waals surface area contributed by atoms with E-state index >= 15 is 0 Å². The number of para-hydroxylation sites is 1. The van der Waals surface area contributed by atoms with Crippen LogP contribution in [0, 0.1) is 17.2 Å². The summed E-state index contributed by atoms with van der Waals surface area (Å²) < 4.78 is 0. The van der Waals surface area contributed by atoms with Crippen LogP contribution < -0.4 is 10.6 Å². The molecule has 2 N–H and O–H groups in total. The second kappa shape index (κ2) is 6.48. The third-order valence-corrected chi connectivity index (χ3v) is 2.43. The maximum Gasteiger partial charge on any atom is 0.238 e. The fourth-order valence-corrected chi connectivity index (χ4v) is 1.51. The molecule has 0 aliphatic carbocycles. The Hall–Kier alpha value is -2.68. The highest BCUT2D eigenvalue weighted by Gasteiger charge is 2.06. The number of aromatic nitrogens is 3. The molecule has 20 heavy (non-hydrogen) atoms. The smallest absolute Gasteiger partial charge is 0.238 e. The van der Waals surface area contributed by atoms with Gasteiger partial charge in [-0.1, -0.05) is 32.0 Å². The van der Waals surface area contributed by atoms with Gasteiger partial charge in [-0.15, -0.1) is 0 Å². The quantitative estimate of drug-likeness (QED) is 0.866. The molecule has 0 bridgehead atoms. The summed E-state index contributed by atoms with van der Waals surface area (Å²) >= 11 is 0. The number of nitriles is 1. The third kappa shape index (κ3) is 3.92. The summed E-state index contributed by atoms with van der Waals surface area (Å²) in [5.74, 6) is 1.31. The minimum Gasteiger partial charge on any atom is -0.354 e. The number of nitrogens with zero attached hydrogens (tertiary/aromatic N) is 4. The molecule has 102 valence electrons. The second-order valence-electron chi connectivity index (χ2n) is 4.68. The van der Waals surface area contributed by atoms with Gasteiger partial charge in [0.05, 0.1) is 0 Å².